The Morgan fingerprint density at radius 2 is 1.44 bits per heavy atom. The highest BCUT2D eigenvalue weighted by atomic mass is 16.5. The molecule has 3 aromatic rings. The molecule has 0 N–H and O–H groups in total. The van der Waals surface area contributed by atoms with Crippen LogP contribution in [-0.4, -0.2) is 49.6 Å². The van der Waals surface area contributed by atoms with Gasteiger partial charge in [-0.05, 0) is 28.8 Å². The summed E-state index contributed by atoms with van der Waals surface area (Å²) >= 11 is 0. The van der Waals surface area contributed by atoms with Crippen LogP contribution >= 0.6 is 0 Å². The summed E-state index contributed by atoms with van der Waals surface area (Å²) in [6.45, 7) is 6.81. The molecular formula is C28H32N2O2. The highest BCUT2D eigenvalue weighted by Crippen LogP contribution is 2.29. The van der Waals surface area contributed by atoms with Gasteiger partial charge in [0.15, 0.2) is 11.5 Å². The van der Waals surface area contributed by atoms with E-state index in [4.69, 9.17) is 9.47 Å². The minimum absolute atomic E-state index is 0.539. The van der Waals surface area contributed by atoms with Crippen LogP contribution in [0.1, 0.15) is 16.7 Å². The van der Waals surface area contributed by atoms with Crippen LogP contribution in [0.15, 0.2) is 84.9 Å². The molecule has 0 bridgehead atoms. The Labute approximate surface area is 191 Å². The Morgan fingerprint density at radius 1 is 0.750 bits per heavy atom. The number of piperazine rings is 1. The van der Waals surface area contributed by atoms with Gasteiger partial charge >= 0.3 is 0 Å². The molecule has 3 aromatic carbocycles. The largest absolute Gasteiger partial charge is 0.493 e. The predicted molar refractivity (Wildman–Crippen MR) is 131 cm³/mol. The predicted octanol–water partition coefficient (Wildman–Crippen LogP) is 5.11. The van der Waals surface area contributed by atoms with Crippen LogP contribution in [-0.2, 0) is 13.2 Å². The van der Waals surface area contributed by atoms with E-state index in [0.29, 0.717) is 6.61 Å². The summed E-state index contributed by atoms with van der Waals surface area (Å²) in [5.74, 6) is 1.58. The number of benzene rings is 3. The van der Waals surface area contributed by atoms with Gasteiger partial charge in [-0.25, -0.2) is 0 Å². The summed E-state index contributed by atoms with van der Waals surface area (Å²) in [5.41, 5.74) is 3.66. The molecule has 4 rings (SSSR count). The molecule has 32 heavy (non-hydrogen) atoms. The molecule has 1 heterocycles. The Balaban J connectivity index is 1.25. The molecule has 0 aromatic heterocycles. The minimum Gasteiger partial charge on any atom is -0.493 e. The number of hydrogen-bond donors (Lipinski definition) is 0. The van der Waals surface area contributed by atoms with Gasteiger partial charge in [-0.2, -0.15) is 0 Å². The fraction of sp³-hybridized carbons (Fsp3) is 0.286. The number of rotatable bonds is 9. The lowest BCUT2D eigenvalue weighted by Gasteiger charge is -2.34. The lowest BCUT2D eigenvalue weighted by atomic mass is 10.1. The third kappa shape index (κ3) is 6.46. The van der Waals surface area contributed by atoms with Crippen molar-refractivity contribution in [2.24, 2.45) is 0 Å². The van der Waals surface area contributed by atoms with Crippen molar-refractivity contribution in [1.82, 2.24) is 9.80 Å². The maximum absolute atomic E-state index is 5.99. The van der Waals surface area contributed by atoms with Crippen LogP contribution in [0, 0.1) is 0 Å². The van der Waals surface area contributed by atoms with Gasteiger partial charge in [-0.3, -0.25) is 9.80 Å². The molecule has 0 radical (unpaired) electrons. The second-order valence-electron chi connectivity index (χ2n) is 8.15. The second kappa shape index (κ2) is 11.5. The van der Waals surface area contributed by atoms with Gasteiger partial charge in [0.1, 0.15) is 6.61 Å². The summed E-state index contributed by atoms with van der Waals surface area (Å²) in [6, 6.07) is 27.0. The summed E-state index contributed by atoms with van der Waals surface area (Å²) in [4.78, 5) is 5.02. The van der Waals surface area contributed by atoms with Crippen LogP contribution in [0.4, 0.5) is 0 Å². The van der Waals surface area contributed by atoms with E-state index in [1.165, 1.54) is 11.1 Å². The van der Waals surface area contributed by atoms with Crippen molar-refractivity contribution in [2.75, 3.05) is 39.8 Å². The highest BCUT2D eigenvalue weighted by Gasteiger charge is 2.17. The molecule has 1 fully saturated rings. The first-order valence-electron chi connectivity index (χ1n) is 11.3. The average Bonchev–Trinajstić information content (AvgIpc) is 2.85. The standard InChI is InChI=1S/C28H32N2O2/c1-31-28-21-26(14-15-27(28)32-23-25-11-6-3-7-12-25)22-30-19-17-29(18-20-30)16-8-13-24-9-4-2-5-10-24/h2-15,21H,16-20,22-23H2,1H3. The Bertz CT molecular complexity index is 981. The Hall–Kier alpha value is -3.08. The van der Waals surface area contributed by atoms with Crippen molar-refractivity contribution < 1.29 is 9.47 Å². The first-order chi connectivity index (χ1) is 15.8. The number of methoxy groups -OCH3 is 1. The van der Waals surface area contributed by atoms with E-state index < -0.39 is 0 Å². The van der Waals surface area contributed by atoms with Crippen molar-refractivity contribution in [2.45, 2.75) is 13.2 Å². The zero-order chi connectivity index (χ0) is 22.0. The van der Waals surface area contributed by atoms with Crippen molar-refractivity contribution in [1.29, 1.82) is 0 Å². The molecule has 0 spiro atoms. The summed E-state index contributed by atoms with van der Waals surface area (Å²) in [7, 11) is 1.70. The number of ether oxygens (including phenoxy) is 2. The quantitative estimate of drug-likeness (QED) is 0.473. The maximum Gasteiger partial charge on any atom is 0.161 e. The average molecular weight is 429 g/mol. The summed E-state index contributed by atoms with van der Waals surface area (Å²) < 4.78 is 11.6. The van der Waals surface area contributed by atoms with Gasteiger partial charge in [-0.15, -0.1) is 0 Å². The monoisotopic (exact) mass is 428 g/mol. The normalized spacial score (nSPS) is 15.2. The van der Waals surface area contributed by atoms with E-state index in [-0.39, 0.29) is 0 Å². The third-order valence-corrected chi connectivity index (χ3v) is 5.81. The SMILES string of the molecule is COc1cc(CN2CCN(CC=Cc3ccccc3)CC2)ccc1OCc1ccccc1. The van der Waals surface area contributed by atoms with Gasteiger partial charge < -0.3 is 9.47 Å². The molecule has 4 heteroatoms. The van der Waals surface area contributed by atoms with E-state index in [9.17, 15) is 0 Å². The fourth-order valence-electron chi connectivity index (χ4n) is 3.96. The van der Waals surface area contributed by atoms with Crippen molar-refractivity contribution in [3.05, 3.63) is 102 Å². The summed E-state index contributed by atoms with van der Waals surface area (Å²) in [5, 5.41) is 0. The molecule has 4 nitrogen and oxygen atoms in total. The smallest absolute Gasteiger partial charge is 0.161 e. The molecule has 0 amide bonds. The molecule has 0 saturated carbocycles. The van der Waals surface area contributed by atoms with E-state index in [0.717, 1.165) is 56.3 Å². The first-order valence-corrected chi connectivity index (χ1v) is 11.3. The summed E-state index contributed by atoms with van der Waals surface area (Å²) in [6.07, 6.45) is 4.48. The first kappa shape index (κ1) is 22.1. The number of nitrogens with zero attached hydrogens (tertiary/aromatic N) is 2. The molecule has 1 saturated heterocycles. The molecule has 0 unspecified atom stereocenters. The Morgan fingerprint density at radius 3 is 2.16 bits per heavy atom. The van der Waals surface area contributed by atoms with Crippen LogP contribution in [0.3, 0.4) is 0 Å². The molecule has 1 aliphatic rings. The van der Waals surface area contributed by atoms with Gasteiger partial charge in [0.05, 0.1) is 7.11 Å². The highest BCUT2D eigenvalue weighted by molar-refractivity contribution is 5.48. The van der Waals surface area contributed by atoms with E-state index in [1.807, 2.05) is 24.3 Å². The van der Waals surface area contributed by atoms with Crippen LogP contribution in [0.2, 0.25) is 0 Å². The second-order valence-corrected chi connectivity index (χ2v) is 8.15. The van der Waals surface area contributed by atoms with Crippen molar-refractivity contribution in [3.8, 4) is 11.5 Å². The number of hydrogen-bond acceptors (Lipinski definition) is 4. The van der Waals surface area contributed by atoms with Gasteiger partial charge in [0.2, 0.25) is 0 Å². The van der Waals surface area contributed by atoms with E-state index >= 15 is 0 Å². The molecule has 0 atom stereocenters. The van der Waals surface area contributed by atoms with Crippen molar-refractivity contribution in [3.63, 3.8) is 0 Å². The lowest BCUT2D eigenvalue weighted by Crippen LogP contribution is -2.45. The van der Waals surface area contributed by atoms with Gasteiger partial charge in [0, 0.05) is 39.3 Å². The maximum atomic E-state index is 5.99. The van der Waals surface area contributed by atoms with Crippen LogP contribution < -0.4 is 9.47 Å². The lowest BCUT2D eigenvalue weighted by molar-refractivity contribution is 0.137. The molecular weight excluding hydrogens is 396 g/mol. The van der Waals surface area contributed by atoms with Crippen LogP contribution in [0.5, 0.6) is 11.5 Å². The van der Waals surface area contributed by atoms with E-state index in [1.54, 1.807) is 7.11 Å². The van der Waals surface area contributed by atoms with Crippen LogP contribution in [0.25, 0.3) is 6.08 Å². The Kier molecular flexibility index (Phi) is 7.96. The van der Waals surface area contributed by atoms with Gasteiger partial charge in [-0.1, -0.05) is 78.9 Å². The fourth-order valence-corrected chi connectivity index (χ4v) is 3.96. The van der Waals surface area contributed by atoms with E-state index in [2.05, 4.69) is 76.5 Å². The minimum atomic E-state index is 0.539. The molecule has 0 aliphatic carbocycles. The molecule has 166 valence electrons. The third-order valence-electron chi connectivity index (χ3n) is 5.81. The van der Waals surface area contributed by atoms with Gasteiger partial charge in [0.25, 0.3) is 0 Å². The topological polar surface area (TPSA) is 24.9 Å². The zero-order valence-electron chi connectivity index (χ0n) is 18.8. The molecule has 1 aliphatic heterocycles. The van der Waals surface area contributed by atoms with Crippen molar-refractivity contribution >= 4 is 6.08 Å². The zero-order valence-corrected chi connectivity index (χ0v) is 18.8.